The molecule has 2 unspecified atom stereocenters. The number of hydroxylamine groups is 2. The smallest absolute Gasteiger partial charge is 0.322 e. The van der Waals surface area contributed by atoms with Crippen LogP contribution in [0.25, 0.3) is 0 Å². The van der Waals surface area contributed by atoms with Crippen LogP contribution in [0.15, 0.2) is 15.4 Å². The summed E-state index contributed by atoms with van der Waals surface area (Å²) >= 11 is 0. The van der Waals surface area contributed by atoms with Gasteiger partial charge < -0.3 is 9.36 Å². The number of aromatic nitrogens is 1. The van der Waals surface area contributed by atoms with E-state index in [0.29, 0.717) is 44.4 Å². The van der Waals surface area contributed by atoms with Gasteiger partial charge in [-0.05, 0) is 38.0 Å². The van der Waals surface area contributed by atoms with Crippen molar-refractivity contribution in [1.82, 2.24) is 10.2 Å². The summed E-state index contributed by atoms with van der Waals surface area (Å²) in [5.74, 6) is -2.07. The SMILES string of the molecule is CC(=O)ON1CCC(c2cc(=O)[nH]o2)CC1CC1CCC(F)(F)CC1. The van der Waals surface area contributed by atoms with Gasteiger partial charge in [-0.25, -0.2) is 8.78 Å². The second kappa shape index (κ2) is 7.27. The first-order chi connectivity index (χ1) is 11.8. The number of hydrogen-bond acceptors (Lipinski definition) is 5. The van der Waals surface area contributed by atoms with Crippen molar-refractivity contribution < 1.29 is 22.9 Å². The van der Waals surface area contributed by atoms with E-state index in [9.17, 15) is 18.4 Å². The Bertz CT molecular complexity index is 647. The number of alkyl halides is 2. The molecule has 2 fully saturated rings. The largest absolute Gasteiger partial charge is 0.383 e. The first-order valence-corrected chi connectivity index (χ1v) is 8.84. The van der Waals surface area contributed by atoms with Gasteiger partial charge in [0.05, 0.1) is 0 Å². The summed E-state index contributed by atoms with van der Waals surface area (Å²) in [5.41, 5.74) is -0.275. The average Bonchev–Trinajstić information content (AvgIpc) is 2.97. The molecule has 2 aliphatic rings. The van der Waals surface area contributed by atoms with Crippen molar-refractivity contribution in [3.8, 4) is 0 Å². The van der Waals surface area contributed by atoms with Crippen molar-refractivity contribution >= 4 is 5.97 Å². The Morgan fingerprint density at radius 1 is 1.40 bits per heavy atom. The van der Waals surface area contributed by atoms with Crippen LogP contribution >= 0.6 is 0 Å². The van der Waals surface area contributed by atoms with Gasteiger partial charge in [0.15, 0.2) is 0 Å². The lowest BCUT2D eigenvalue weighted by Gasteiger charge is -2.39. The predicted octanol–water partition coefficient (Wildman–Crippen LogP) is 3.21. The van der Waals surface area contributed by atoms with Crippen LogP contribution in [0, 0.1) is 5.92 Å². The summed E-state index contributed by atoms with van der Waals surface area (Å²) in [6, 6.07) is 1.39. The highest BCUT2D eigenvalue weighted by Crippen LogP contribution is 2.41. The fourth-order valence-corrected chi connectivity index (χ4v) is 4.01. The molecule has 3 rings (SSSR count). The van der Waals surface area contributed by atoms with Gasteiger partial charge >= 0.3 is 5.97 Å². The van der Waals surface area contributed by atoms with Gasteiger partial charge in [0.25, 0.3) is 5.56 Å². The molecule has 1 aliphatic heterocycles. The maximum Gasteiger partial charge on any atom is 0.322 e. The molecule has 1 saturated heterocycles. The van der Waals surface area contributed by atoms with Crippen LogP contribution in [-0.4, -0.2) is 34.7 Å². The summed E-state index contributed by atoms with van der Waals surface area (Å²) in [5, 5.41) is 3.98. The van der Waals surface area contributed by atoms with Gasteiger partial charge in [0.2, 0.25) is 5.92 Å². The Hall–Kier alpha value is -1.70. The van der Waals surface area contributed by atoms with Gasteiger partial charge in [-0.15, -0.1) is 5.06 Å². The molecule has 0 bridgehead atoms. The van der Waals surface area contributed by atoms with Crippen LogP contribution in [-0.2, 0) is 9.63 Å². The Kier molecular flexibility index (Phi) is 5.27. The molecule has 8 heteroatoms. The molecule has 2 heterocycles. The minimum absolute atomic E-state index is 0.0559. The third-order valence-corrected chi connectivity index (χ3v) is 5.29. The van der Waals surface area contributed by atoms with Crippen LogP contribution in [0.1, 0.15) is 63.5 Å². The number of rotatable bonds is 4. The van der Waals surface area contributed by atoms with E-state index in [0.717, 1.165) is 0 Å². The van der Waals surface area contributed by atoms with Gasteiger partial charge in [0.1, 0.15) is 5.76 Å². The zero-order chi connectivity index (χ0) is 18.0. The molecule has 140 valence electrons. The Labute approximate surface area is 144 Å². The fraction of sp³-hybridized carbons (Fsp3) is 0.765. The molecule has 1 aliphatic carbocycles. The number of piperidine rings is 1. The van der Waals surface area contributed by atoms with Crippen molar-refractivity contribution in [3.05, 3.63) is 22.2 Å². The number of H-pyrrole nitrogens is 1. The van der Waals surface area contributed by atoms with Gasteiger partial charge in [-0.3, -0.25) is 9.59 Å². The second-order valence-electron chi connectivity index (χ2n) is 7.25. The quantitative estimate of drug-likeness (QED) is 0.894. The van der Waals surface area contributed by atoms with Crippen molar-refractivity contribution in [3.63, 3.8) is 0 Å². The zero-order valence-electron chi connectivity index (χ0n) is 14.3. The van der Waals surface area contributed by atoms with Crippen molar-refractivity contribution in [1.29, 1.82) is 0 Å². The summed E-state index contributed by atoms with van der Waals surface area (Å²) in [6.07, 6.45) is 2.90. The van der Waals surface area contributed by atoms with Crippen molar-refractivity contribution in [2.45, 2.75) is 69.8 Å². The molecule has 6 nitrogen and oxygen atoms in total. The van der Waals surface area contributed by atoms with Gasteiger partial charge in [-0.1, -0.05) is 0 Å². The number of hydrogen-bond donors (Lipinski definition) is 1. The van der Waals surface area contributed by atoms with Crippen LogP contribution in [0.2, 0.25) is 0 Å². The normalized spacial score (nSPS) is 28.0. The summed E-state index contributed by atoms with van der Waals surface area (Å²) < 4.78 is 32.0. The molecule has 0 amide bonds. The second-order valence-corrected chi connectivity index (χ2v) is 7.25. The number of carbonyl (C=O) groups is 1. The molecular formula is C17H24F2N2O4. The number of halogens is 2. The molecule has 2 atom stereocenters. The Balaban J connectivity index is 1.66. The van der Waals surface area contributed by atoms with Gasteiger partial charge in [0, 0.05) is 44.3 Å². The Morgan fingerprint density at radius 3 is 2.72 bits per heavy atom. The molecule has 25 heavy (non-hydrogen) atoms. The highest BCUT2D eigenvalue weighted by atomic mass is 19.3. The van der Waals surface area contributed by atoms with E-state index in [4.69, 9.17) is 9.36 Å². The minimum Gasteiger partial charge on any atom is -0.383 e. The molecule has 1 aromatic heterocycles. The van der Waals surface area contributed by atoms with Gasteiger partial charge in [-0.2, -0.15) is 5.16 Å². The zero-order valence-corrected chi connectivity index (χ0v) is 14.3. The first-order valence-electron chi connectivity index (χ1n) is 8.84. The van der Waals surface area contributed by atoms with Crippen molar-refractivity contribution in [2.75, 3.05) is 6.54 Å². The van der Waals surface area contributed by atoms with E-state index in [1.165, 1.54) is 13.0 Å². The highest BCUT2D eigenvalue weighted by Gasteiger charge is 2.39. The van der Waals surface area contributed by atoms with Crippen LogP contribution in [0.5, 0.6) is 0 Å². The molecule has 0 spiro atoms. The lowest BCUT2D eigenvalue weighted by Crippen LogP contribution is -2.44. The molecule has 0 aromatic carbocycles. The molecular weight excluding hydrogens is 334 g/mol. The van der Waals surface area contributed by atoms with E-state index < -0.39 is 5.92 Å². The predicted molar refractivity (Wildman–Crippen MR) is 85.1 cm³/mol. The maximum atomic E-state index is 13.4. The first kappa shape index (κ1) is 18.1. The van der Waals surface area contributed by atoms with Crippen LogP contribution < -0.4 is 5.56 Å². The minimum atomic E-state index is -2.55. The monoisotopic (exact) mass is 358 g/mol. The fourth-order valence-electron chi connectivity index (χ4n) is 4.01. The summed E-state index contributed by atoms with van der Waals surface area (Å²) in [7, 11) is 0. The summed E-state index contributed by atoms with van der Waals surface area (Å²) in [4.78, 5) is 28.0. The topological polar surface area (TPSA) is 75.5 Å². The van der Waals surface area contributed by atoms with E-state index in [-0.39, 0.29) is 42.2 Å². The molecule has 0 radical (unpaired) electrons. The summed E-state index contributed by atoms with van der Waals surface area (Å²) in [6.45, 7) is 1.89. The number of nitrogens with zero attached hydrogens (tertiary/aromatic N) is 1. The molecule has 1 saturated carbocycles. The number of nitrogens with one attached hydrogen (secondary N) is 1. The average molecular weight is 358 g/mol. The standard InChI is InChI=1S/C17H24F2N2O4/c1-11(22)25-21-7-4-13(15-10-16(23)20-24-15)9-14(21)8-12-2-5-17(18,19)6-3-12/h10,12-14H,2-9H2,1H3,(H,20,23). The lowest BCUT2D eigenvalue weighted by molar-refractivity contribution is -0.209. The lowest BCUT2D eigenvalue weighted by atomic mass is 9.79. The highest BCUT2D eigenvalue weighted by molar-refractivity contribution is 5.65. The van der Waals surface area contributed by atoms with E-state index in [1.807, 2.05) is 0 Å². The van der Waals surface area contributed by atoms with E-state index >= 15 is 0 Å². The maximum absolute atomic E-state index is 13.4. The van der Waals surface area contributed by atoms with E-state index in [2.05, 4.69) is 5.16 Å². The van der Waals surface area contributed by atoms with E-state index in [1.54, 1.807) is 5.06 Å². The van der Waals surface area contributed by atoms with Crippen LogP contribution in [0.3, 0.4) is 0 Å². The third kappa shape index (κ3) is 4.68. The molecule has 1 aromatic rings. The number of carbonyl (C=O) groups excluding carboxylic acids is 1. The third-order valence-electron chi connectivity index (χ3n) is 5.29. The number of aromatic amines is 1. The van der Waals surface area contributed by atoms with Crippen molar-refractivity contribution in [2.24, 2.45) is 5.92 Å². The Morgan fingerprint density at radius 2 is 2.12 bits per heavy atom. The molecule has 1 N–H and O–H groups in total. The van der Waals surface area contributed by atoms with Crippen LogP contribution in [0.4, 0.5) is 8.78 Å².